The molecule has 6 heteroatoms. The Hall–Kier alpha value is -2.05. The third-order valence-electron chi connectivity index (χ3n) is 3.68. The zero-order valence-electron chi connectivity index (χ0n) is 11.5. The monoisotopic (exact) mass is 303 g/mol. The molecule has 0 radical (unpaired) electrons. The van der Waals surface area contributed by atoms with Gasteiger partial charge >= 0.3 is 0 Å². The van der Waals surface area contributed by atoms with Crippen LogP contribution in [0, 0.1) is 0 Å². The Kier molecular flexibility index (Phi) is 3.57. The second-order valence-electron chi connectivity index (χ2n) is 5.08. The van der Waals surface area contributed by atoms with Gasteiger partial charge in [0.15, 0.2) is 0 Å². The number of sulfonamides is 1. The summed E-state index contributed by atoms with van der Waals surface area (Å²) < 4.78 is 27.6. The van der Waals surface area contributed by atoms with Gasteiger partial charge in [0.1, 0.15) is 4.90 Å². The highest BCUT2D eigenvalue weighted by atomic mass is 32.2. The fourth-order valence-corrected chi connectivity index (χ4v) is 3.89. The van der Waals surface area contributed by atoms with Gasteiger partial charge in [0, 0.05) is 5.69 Å². The minimum absolute atomic E-state index is 0.132. The van der Waals surface area contributed by atoms with Crippen LogP contribution in [0.1, 0.15) is 17.5 Å². The molecule has 0 atom stereocenters. The first-order valence-corrected chi connectivity index (χ1v) is 8.29. The topological polar surface area (TPSA) is 84.2 Å². The number of nitrogens with two attached hydrogens (primary N) is 1. The number of para-hydroxylation sites is 1. The van der Waals surface area contributed by atoms with Crippen LogP contribution in [0.15, 0.2) is 47.4 Å². The lowest BCUT2D eigenvalue weighted by Gasteiger charge is -2.12. The Morgan fingerprint density at radius 2 is 1.76 bits per heavy atom. The van der Waals surface area contributed by atoms with E-state index in [1.807, 2.05) is 12.1 Å². The summed E-state index contributed by atoms with van der Waals surface area (Å²) in [4.78, 5) is 0.132. The van der Waals surface area contributed by atoms with Crippen molar-refractivity contribution < 1.29 is 8.42 Å². The molecule has 110 valence electrons. The second-order valence-corrected chi connectivity index (χ2v) is 6.73. The summed E-state index contributed by atoms with van der Waals surface area (Å²) >= 11 is 0. The molecule has 0 fully saturated rings. The Labute approximate surface area is 124 Å². The van der Waals surface area contributed by atoms with Crippen molar-refractivity contribution >= 4 is 21.4 Å². The Bertz CT molecular complexity index is 772. The van der Waals surface area contributed by atoms with E-state index < -0.39 is 10.0 Å². The van der Waals surface area contributed by atoms with Gasteiger partial charge in [0.05, 0.1) is 5.69 Å². The van der Waals surface area contributed by atoms with Crippen LogP contribution in [0.5, 0.6) is 0 Å². The van der Waals surface area contributed by atoms with Crippen molar-refractivity contribution in [1.82, 2.24) is 0 Å². The van der Waals surface area contributed by atoms with Crippen LogP contribution >= 0.6 is 0 Å². The summed E-state index contributed by atoms with van der Waals surface area (Å²) in [6.45, 7) is 0. The molecular formula is C15H17N3O2S. The summed E-state index contributed by atoms with van der Waals surface area (Å²) in [6.07, 6.45) is 3.21. The Morgan fingerprint density at radius 3 is 2.57 bits per heavy atom. The Balaban J connectivity index is 1.93. The maximum absolute atomic E-state index is 12.5. The number of nitrogen functional groups attached to an aromatic ring is 1. The van der Waals surface area contributed by atoms with E-state index in [1.165, 1.54) is 17.2 Å². The molecule has 3 rings (SSSR count). The third kappa shape index (κ3) is 2.72. The molecule has 0 heterocycles. The quantitative estimate of drug-likeness (QED) is 0.597. The van der Waals surface area contributed by atoms with Crippen molar-refractivity contribution in [2.24, 2.45) is 5.84 Å². The number of hydrazine groups is 1. The smallest absolute Gasteiger partial charge is 0.264 e. The minimum Gasteiger partial charge on any atom is -0.323 e. The lowest BCUT2D eigenvalue weighted by Crippen LogP contribution is -2.17. The Morgan fingerprint density at radius 1 is 1.00 bits per heavy atom. The standard InChI is InChI=1S/C15H17N3O2S/c16-17-14-6-1-2-7-15(14)21(19,20)18-13-9-8-11-4-3-5-12(11)10-13/h1-2,6-10,17-18H,3-5,16H2. The molecular weight excluding hydrogens is 286 g/mol. The number of hydrogen-bond donors (Lipinski definition) is 3. The summed E-state index contributed by atoms with van der Waals surface area (Å²) in [5.74, 6) is 5.37. The van der Waals surface area contributed by atoms with Gasteiger partial charge in [0.2, 0.25) is 0 Å². The molecule has 0 amide bonds. The van der Waals surface area contributed by atoms with E-state index in [0.717, 1.165) is 19.3 Å². The normalized spacial score (nSPS) is 13.8. The van der Waals surface area contributed by atoms with Crippen LogP contribution in [0.3, 0.4) is 0 Å². The summed E-state index contributed by atoms with van der Waals surface area (Å²) in [6, 6.07) is 12.2. The van der Waals surface area contributed by atoms with Crippen LogP contribution < -0.4 is 16.0 Å². The van der Waals surface area contributed by atoms with Gasteiger partial charge in [0.25, 0.3) is 10.0 Å². The lowest BCUT2D eigenvalue weighted by molar-refractivity contribution is 0.601. The van der Waals surface area contributed by atoms with E-state index in [1.54, 1.807) is 24.3 Å². The molecule has 0 bridgehead atoms. The largest absolute Gasteiger partial charge is 0.323 e. The zero-order valence-corrected chi connectivity index (χ0v) is 12.3. The molecule has 0 aromatic heterocycles. The lowest BCUT2D eigenvalue weighted by atomic mass is 10.1. The minimum atomic E-state index is -3.67. The van der Waals surface area contributed by atoms with Gasteiger partial charge in [-0.2, -0.15) is 0 Å². The summed E-state index contributed by atoms with van der Waals surface area (Å²) in [7, 11) is -3.67. The van der Waals surface area contributed by atoms with Crippen molar-refractivity contribution in [2.45, 2.75) is 24.2 Å². The van der Waals surface area contributed by atoms with E-state index >= 15 is 0 Å². The molecule has 2 aromatic rings. The molecule has 0 saturated heterocycles. The van der Waals surface area contributed by atoms with Crippen molar-refractivity contribution in [1.29, 1.82) is 0 Å². The van der Waals surface area contributed by atoms with Crippen molar-refractivity contribution in [2.75, 3.05) is 10.1 Å². The van der Waals surface area contributed by atoms with Crippen molar-refractivity contribution in [3.63, 3.8) is 0 Å². The van der Waals surface area contributed by atoms with Crippen LogP contribution in [0.4, 0.5) is 11.4 Å². The highest BCUT2D eigenvalue weighted by Gasteiger charge is 2.19. The highest BCUT2D eigenvalue weighted by Crippen LogP contribution is 2.27. The molecule has 1 aliphatic carbocycles. The third-order valence-corrected chi connectivity index (χ3v) is 5.12. The molecule has 0 unspecified atom stereocenters. The van der Waals surface area contributed by atoms with Crippen LogP contribution in [0.2, 0.25) is 0 Å². The van der Waals surface area contributed by atoms with Gasteiger partial charge in [-0.25, -0.2) is 8.42 Å². The predicted octanol–water partition coefficient (Wildman–Crippen LogP) is 2.26. The maximum Gasteiger partial charge on any atom is 0.264 e. The van der Waals surface area contributed by atoms with Gasteiger partial charge in [-0.05, 0) is 54.7 Å². The number of aryl methyl sites for hydroxylation is 2. The van der Waals surface area contributed by atoms with Gasteiger partial charge in [-0.15, -0.1) is 0 Å². The molecule has 0 aliphatic heterocycles. The van der Waals surface area contributed by atoms with Gasteiger partial charge < -0.3 is 5.43 Å². The van der Waals surface area contributed by atoms with E-state index in [0.29, 0.717) is 11.4 Å². The molecule has 2 aromatic carbocycles. The predicted molar refractivity (Wildman–Crippen MR) is 83.5 cm³/mol. The number of anilines is 2. The number of fused-ring (bicyclic) bond motifs is 1. The molecule has 0 saturated carbocycles. The van der Waals surface area contributed by atoms with E-state index in [-0.39, 0.29) is 4.90 Å². The molecule has 1 aliphatic rings. The first kappa shape index (κ1) is 13.9. The number of rotatable bonds is 4. The molecule has 21 heavy (non-hydrogen) atoms. The van der Waals surface area contributed by atoms with Crippen LogP contribution in [0.25, 0.3) is 0 Å². The molecule has 4 N–H and O–H groups in total. The average Bonchev–Trinajstić information content (AvgIpc) is 2.94. The van der Waals surface area contributed by atoms with Gasteiger partial charge in [-0.3, -0.25) is 10.6 Å². The summed E-state index contributed by atoms with van der Waals surface area (Å²) in [5, 5.41) is 0. The zero-order chi connectivity index (χ0) is 14.9. The second kappa shape index (κ2) is 5.38. The first-order valence-electron chi connectivity index (χ1n) is 6.80. The number of benzene rings is 2. The van der Waals surface area contributed by atoms with E-state index in [4.69, 9.17) is 5.84 Å². The van der Waals surface area contributed by atoms with Crippen LogP contribution in [-0.4, -0.2) is 8.42 Å². The fraction of sp³-hybridized carbons (Fsp3) is 0.200. The van der Waals surface area contributed by atoms with Crippen LogP contribution in [-0.2, 0) is 22.9 Å². The first-order chi connectivity index (χ1) is 10.1. The molecule has 0 spiro atoms. The number of nitrogens with one attached hydrogen (secondary N) is 2. The summed E-state index contributed by atoms with van der Waals surface area (Å²) in [5.41, 5.74) is 5.89. The average molecular weight is 303 g/mol. The van der Waals surface area contributed by atoms with Crippen molar-refractivity contribution in [3.8, 4) is 0 Å². The van der Waals surface area contributed by atoms with Crippen molar-refractivity contribution in [3.05, 3.63) is 53.6 Å². The number of hydrogen-bond acceptors (Lipinski definition) is 4. The fourth-order valence-electron chi connectivity index (χ4n) is 2.67. The molecule has 5 nitrogen and oxygen atoms in total. The highest BCUT2D eigenvalue weighted by molar-refractivity contribution is 7.92. The maximum atomic E-state index is 12.5. The van der Waals surface area contributed by atoms with Gasteiger partial charge in [-0.1, -0.05) is 18.2 Å². The SMILES string of the molecule is NNc1ccccc1S(=O)(=O)Nc1ccc2c(c1)CCC2. The van der Waals surface area contributed by atoms with E-state index in [2.05, 4.69) is 10.1 Å². The van der Waals surface area contributed by atoms with E-state index in [9.17, 15) is 8.42 Å².